The number of hydrogen-bond acceptors (Lipinski definition) is 3. The van der Waals surface area contributed by atoms with E-state index < -0.39 is 0 Å². The van der Waals surface area contributed by atoms with Crippen molar-refractivity contribution in [3.63, 3.8) is 0 Å². The molecule has 0 spiro atoms. The van der Waals surface area contributed by atoms with Gasteiger partial charge in [0.15, 0.2) is 5.11 Å². The maximum atomic E-state index is 9.26. The summed E-state index contributed by atoms with van der Waals surface area (Å²) in [6, 6.07) is 7.79. The molecule has 1 saturated heterocycles. The molecule has 0 unspecified atom stereocenters. The van der Waals surface area contributed by atoms with Crippen molar-refractivity contribution in [1.29, 1.82) is 0 Å². The van der Waals surface area contributed by atoms with Crippen molar-refractivity contribution in [1.82, 2.24) is 4.90 Å². The van der Waals surface area contributed by atoms with E-state index in [1.54, 1.807) is 0 Å². The first-order chi connectivity index (χ1) is 9.72. The maximum absolute atomic E-state index is 9.26. The fourth-order valence-corrected chi connectivity index (χ4v) is 2.69. The minimum absolute atomic E-state index is 0.238. The Hall–Kier alpha value is -1.33. The van der Waals surface area contributed by atoms with Gasteiger partial charge in [-0.1, -0.05) is 0 Å². The first-order valence-electron chi connectivity index (χ1n) is 7.12. The highest BCUT2D eigenvalue weighted by Gasteiger charge is 2.20. The van der Waals surface area contributed by atoms with Gasteiger partial charge in [0.1, 0.15) is 5.75 Å². The summed E-state index contributed by atoms with van der Waals surface area (Å²) >= 11 is 5.44. The number of nitrogens with zero attached hydrogens (tertiary/aromatic N) is 1. The number of hydrogen-bond donors (Lipinski definition) is 2. The molecule has 1 fully saturated rings. The number of aliphatic hydroxyl groups excluding tert-OH is 1. The molecule has 1 heterocycles. The van der Waals surface area contributed by atoms with Gasteiger partial charge in [-0.2, -0.15) is 0 Å². The third-order valence-corrected chi connectivity index (χ3v) is 3.84. The van der Waals surface area contributed by atoms with Crippen LogP contribution in [0.4, 0.5) is 5.69 Å². The van der Waals surface area contributed by atoms with Crippen LogP contribution >= 0.6 is 12.2 Å². The number of likely N-dealkylation sites (tertiary alicyclic amines) is 1. The molecule has 4 nitrogen and oxygen atoms in total. The van der Waals surface area contributed by atoms with Crippen LogP contribution in [0.5, 0.6) is 5.75 Å². The van der Waals surface area contributed by atoms with E-state index in [9.17, 15) is 5.11 Å². The summed E-state index contributed by atoms with van der Waals surface area (Å²) in [7, 11) is 0. The van der Waals surface area contributed by atoms with Crippen molar-refractivity contribution in [3.8, 4) is 5.75 Å². The molecule has 0 aliphatic carbocycles. The summed E-state index contributed by atoms with van der Waals surface area (Å²) in [6.45, 7) is 4.66. The third-order valence-electron chi connectivity index (χ3n) is 3.48. The minimum Gasteiger partial charge on any atom is -0.494 e. The van der Waals surface area contributed by atoms with Crippen LogP contribution in [-0.2, 0) is 0 Å². The van der Waals surface area contributed by atoms with Gasteiger partial charge in [0, 0.05) is 25.4 Å². The van der Waals surface area contributed by atoms with Crippen molar-refractivity contribution >= 4 is 23.0 Å². The van der Waals surface area contributed by atoms with Crippen LogP contribution in [0.25, 0.3) is 0 Å². The van der Waals surface area contributed by atoms with Gasteiger partial charge >= 0.3 is 0 Å². The molecule has 1 atom stereocenters. The molecular formula is C15H22N2O2S. The van der Waals surface area contributed by atoms with E-state index in [0.29, 0.717) is 12.5 Å². The molecule has 0 aromatic heterocycles. The first-order valence-corrected chi connectivity index (χ1v) is 7.53. The number of ether oxygens (including phenoxy) is 1. The van der Waals surface area contributed by atoms with Crippen molar-refractivity contribution in [2.45, 2.75) is 19.8 Å². The fraction of sp³-hybridized carbons (Fsp3) is 0.533. The zero-order valence-electron chi connectivity index (χ0n) is 11.8. The lowest BCUT2D eigenvalue weighted by atomic mass is 9.99. The summed E-state index contributed by atoms with van der Waals surface area (Å²) in [5, 5.41) is 13.2. The monoisotopic (exact) mass is 294 g/mol. The van der Waals surface area contributed by atoms with Gasteiger partial charge in [0.25, 0.3) is 0 Å². The zero-order chi connectivity index (χ0) is 14.4. The molecule has 1 aromatic rings. The van der Waals surface area contributed by atoms with E-state index >= 15 is 0 Å². The second-order valence-corrected chi connectivity index (χ2v) is 5.41. The van der Waals surface area contributed by atoms with E-state index in [1.807, 2.05) is 31.2 Å². The standard InChI is InChI=1S/C15H22N2O2S/c1-2-19-14-7-5-13(6-8-14)16-15(20)17-9-3-4-12(10-17)11-18/h5-8,12,18H,2-4,9-11H2,1H3,(H,16,20)/t12-/m0/s1. The molecule has 0 amide bonds. The fourth-order valence-electron chi connectivity index (χ4n) is 2.40. The summed E-state index contributed by atoms with van der Waals surface area (Å²) in [5.74, 6) is 1.20. The highest BCUT2D eigenvalue weighted by Crippen LogP contribution is 2.19. The topological polar surface area (TPSA) is 44.7 Å². The smallest absolute Gasteiger partial charge is 0.173 e. The van der Waals surface area contributed by atoms with Gasteiger partial charge < -0.3 is 20.1 Å². The number of nitrogens with one attached hydrogen (secondary N) is 1. The zero-order valence-corrected chi connectivity index (χ0v) is 12.7. The van der Waals surface area contributed by atoms with E-state index in [-0.39, 0.29) is 6.61 Å². The normalized spacial score (nSPS) is 18.7. The molecule has 2 rings (SSSR count). The Labute approximate surface area is 125 Å². The minimum atomic E-state index is 0.238. The predicted molar refractivity (Wildman–Crippen MR) is 85.2 cm³/mol. The molecular weight excluding hydrogens is 272 g/mol. The molecule has 2 N–H and O–H groups in total. The quantitative estimate of drug-likeness (QED) is 0.835. The Morgan fingerprint density at radius 3 is 2.85 bits per heavy atom. The second kappa shape index (κ2) is 7.45. The number of rotatable bonds is 4. The van der Waals surface area contributed by atoms with Gasteiger partial charge in [-0.3, -0.25) is 0 Å². The highest BCUT2D eigenvalue weighted by atomic mass is 32.1. The largest absolute Gasteiger partial charge is 0.494 e. The Kier molecular flexibility index (Phi) is 5.61. The first kappa shape index (κ1) is 15.1. The van der Waals surface area contributed by atoms with Crippen molar-refractivity contribution < 1.29 is 9.84 Å². The number of piperidine rings is 1. The second-order valence-electron chi connectivity index (χ2n) is 5.02. The summed E-state index contributed by atoms with van der Waals surface area (Å²) in [4.78, 5) is 2.14. The third kappa shape index (κ3) is 4.08. The lowest BCUT2D eigenvalue weighted by Gasteiger charge is -2.33. The maximum Gasteiger partial charge on any atom is 0.173 e. The predicted octanol–water partition coefficient (Wildman–Crippen LogP) is 2.49. The lowest BCUT2D eigenvalue weighted by molar-refractivity contribution is 0.162. The van der Waals surface area contributed by atoms with Crippen LogP contribution in [-0.4, -0.2) is 41.4 Å². The molecule has 0 saturated carbocycles. The number of benzene rings is 1. The molecule has 110 valence electrons. The molecule has 0 bridgehead atoms. The summed E-state index contributed by atoms with van der Waals surface area (Å²) in [6.07, 6.45) is 2.16. The van der Waals surface area contributed by atoms with Crippen LogP contribution in [0.2, 0.25) is 0 Å². The van der Waals surface area contributed by atoms with E-state index in [4.69, 9.17) is 17.0 Å². The van der Waals surface area contributed by atoms with Crippen LogP contribution in [0.15, 0.2) is 24.3 Å². The van der Waals surface area contributed by atoms with Crippen LogP contribution in [0, 0.1) is 5.92 Å². The molecule has 20 heavy (non-hydrogen) atoms. The molecule has 5 heteroatoms. The Balaban J connectivity index is 1.90. The van der Waals surface area contributed by atoms with Gasteiger partial charge in [0.2, 0.25) is 0 Å². The van der Waals surface area contributed by atoms with Crippen molar-refractivity contribution in [2.24, 2.45) is 5.92 Å². The Morgan fingerprint density at radius 2 is 2.20 bits per heavy atom. The summed E-state index contributed by atoms with van der Waals surface area (Å²) < 4.78 is 5.41. The average Bonchev–Trinajstić information content (AvgIpc) is 2.49. The van der Waals surface area contributed by atoms with Gasteiger partial charge in [-0.25, -0.2) is 0 Å². The van der Waals surface area contributed by atoms with Crippen molar-refractivity contribution in [2.75, 3.05) is 31.6 Å². The molecule has 0 radical (unpaired) electrons. The van der Waals surface area contributed by atoms with E-state index in [1.165, 1.54) is 0 Å². The van der Waals surface area contributed by atoms with Crippen LogP contribution < -0.4 is 10.1 Å². The lowest BCUT2D eigenvalue weighted by Crippen LogP contribution is -2.43. The van der Waals surface area contributed by atoms with Gasteiger partial charge in [-0.05, 0) is 62.2 Å². The van der Waals surface area contributed by atoms with Gasteiger partial charge in [-0.15, -0.1) is 0 Å². The Bertz CT molecular complexity index is 436. The highest BCUT2D eigenvalue weighted by molar-refractivity contribution is 7.80. The van der Waals surface area contributed by atoms with Crippen LogP contribution in [0.1, 0.15) is 19.8 Å². The molecule has 1 aromatic carbocycles. The Morgan fingerprint density at radius 1 is 1.45 bits per heavy atom. The van der Waals surface area contributed by atoms with E-state index in [2.05, 4.69) is 10.2 Å². The number of aliphatic hydroxyl groups is 1. The number of anilines is 1. The van der Waals surface area contributed by atoms with Crippen LogP contribution in [0.3, 0.4) is 0 Å². The average molecular weight is 294 g/mol. The molecule has 1 aliphatic rings. The van der Waals surface area contributed by atoms with E-state index in [0.717, 1.165) is 42.5 Å². The SMILES string of the molecule is CCOc1ccc(NC(=S)N2CCC[C@H](CO)C2)cc1. The van der Waals surface area contributed by atoms with Crippen molar-refractivity contribution in [3.05, 3.63) is 24.3 Å². The number of thiocarbonyl (C=S) groups is 1. The van der Waals surface area contributed by atoms with Gasteiger partial charge in [0.05, 0.1) is 6.61 Å². The summed E-state index contributed by atoms with van der Waals surface area (Å²) in [5.41, 5.74) is 0.963. The molecule has 1 aliphatic heterocycles.